The fourth-order valence-corrected chi connectivity index (χ4v) is 2.39. The van der Waals surface area contributed by atoms with Crippen LogP contribution in [0, 0.1) is 0 Å². The number of rotatable bonds is 5. The van der Waals surface area contributed by atoms with E-state index in [-0.39, 0.29) is 0 Å². The Balaban J connectivity index is 2.56. The van der Waals surface area contributed by atoms with E-state index in [1.807, 2.05) is 24.3 Å². The first kappa shape index (κ1) is 16.3. The van der Waals surface area contributed by atoms with Crippen molar-refractivity contribution in [2.45, 2.75) is 39.5 Å². The van der Waals surface area contributed by atoms with Gasteiger partial charge in [-0.1, -0.05) is 52.0 Å². The van der Waals surface area contributed by atoms with E-state index < -0.39 is 0 Å². The van der Waals surface area contributed by atoms with Crippen LogP contribution in [0.15, 0.2) is 36.4 Å². The van der Waals surface area contributed by atoms with E-state index >= 15 is 0 Å². The molecule has 0 bridgehead atoms. The van der Waals surface area contributed by atoms with Crippen LogP contribution in [0.1, 0.15) is 50.7 Å². The summed E-state index contributed by atoms with van der Waals surface area (Å²) in [6.45, 7) is 8.26. The normalized spacial score (nSPS) is 11.1. The monoisotopic (exact) mass is 302 g/mol. The van der Waals surface area contributed by atoms with Gasteiger partial charge in [0.2, 0.25) is 0 Å². The second-order valence-electron chi connectivity index (χ2n) is 6.00. The van der Waals surface area contributed by atoms with Crippen LogP contribution in [0.3, 0.4) is 0 Å². The molecule has 22 heavy (non-hydrogen) atoms. The molecule has 0 saturated carbocycles. The van der Waals surface area contributed by atoms with Gasteiger partial charge < -0.3 is 9.78 Å². The Kier molecular flexibility index (Phi) is 5.06. The fraction of sp³-hybridized carbons (Fsp3) is 0.333. The average molecular weight is 302 g/mol. The molecule has 0 aliphatic rings. The topological polar surface area (TPSA) is 58.9 Å². The van der Waals surface area contributed by atoms with Crippen LogP contribution in [-0.2, 0) is 0 Å². The van der Waals surface area contributed by atoms with Crippen molar-refractivity contribution in [2.75, 3.05) is 0 Å². The van der Waals surface area contributed by atoms with Crippen molar-refractivity contribution in [1.29, 1.82) is 0 Å². The number of hydrogen-bond donors (Lipinski definition) is 2. The van der Waals surface area contributed by atoms with E-state index in [1.165, 1.54) is 0 Å². The van der Waals surface area contributed by atoms with E-state index in [9.17, 15) is 10.5 Å². The smallest absolute Gasteiger partial charge is 0.173 e. The van der Waals surface area contributed by atoms with Gasteiger partial charge in [0, 0.05) is 11.1 Å². The molecule has 0 aromatic heterocycles. The molecular formula is C18H22O4. The summed E-state index contributed by atoms with van der Waals surface area (Å²) < 4.78 is 0. The Morgan fingerprint density at radius 1 is 0.682 bits per heavy atom. The Hall–Kier alpha value is -2.04. The third-order valence-electron chi connectivity index (χ3n) is 3.83. The minimum absolute atomic E-state index is 0.319. The van der Waals surface area contributed by atoms with E-state index in [4.69, 9.17) is 0 Å². The Morgan fingerprint density at radius 3 is 1.32 bits per heavy atom. The molecular weight excluding hydrogens is 280 g/mol. The molecule has 118 valence electrons. The largest absolute Gasteiger partial charge is 0.340 e. The predicted octanol–water partition coefficient (Wildman–Crippen LogP) is 5.30. The van der Waals surface area contributed by atoms with Crippen LogP contribution < -0.4 is 9.78 Å². The van der Waals surface area contributed by atoms with Gasteiger partial charge in [0.1, 0.15) is 0 Å². The van der Waals surface area contributed by atoms with Crippen LogP contribution >= 0.6 is 0 Å². The maximum atomic E-state index is 9.19. The lowest BCUT2D eigenvalue weighted by atomic mass is 9.95. The maximum Gasteiger partial charge on any atom is 0.173 e. The molecule has 0 aliphatic carbocycles. The standard InChI is InChI=1S/C18H22O4/c1-11(2)13-5-7-15(17(9-13)21-19)16-8-6-14(12(3)4)10-18(16)22-20/h5-12,19-20H,1-4H3. The second-order valence-corrected chi connectivity index (χ2v) is 6.00. The third-order valence-corrected chi connectivity index (χ3v) is 3.83. The highest BCUT2D eigenvalue weighted by atomic mass is 17.1. The van der Waals surface area contributed by atoms with Gasteiger partial charge in [-0.3, -0.25) is 0 Å². The molecule has 2 aromatic rings. The Morgan fingerprint density at radius 2 is 1.05 bits per heavy atom. The van der Waals surface area contributed by atoms with Crippen LogP contribution in [0.25, 0.3) is 11.1 Å². The molecule has 0 aliphatic heterocycles. The van der Waals surface area contributed by atoms with Crippen molar-refractivity contribution >= 4 is 0 Å². The first-order valence-electron chi connectivity index (χ1n) is 7.39. The number of hydrogen-bond acceptors (Lipinski definition) is 4. The molecule has 0 heterocycles. The molecule has 2 rings (SSSR count). The third kappa shape index (κ3) is 3.24. The summed E-state index contributed by atoms with van der Waals surface area (Å²) >= 11 is 0. The molecule has 0 saturated heterocycles. The maximum absolute atomic E-state index is 9.19. The van der Waals surface area contributed by atoms with Gasteiger partial charge in [-0.2, -0.15) is 0 Å². The average Bonchev–Trinajstić information content (AvgIpc) is 2.53. The summed E-state index contributed by atoms with van der Waals surface area (Å²) in [5.41, 5.74) is 3.42. The van der Waals surface area contributed by atoms with Crippen molar-refractivity contribution in [2.24, 2.45) is 0 Å². The molecule has 4 nitrogen and oxygen atoms in total. The van der Waals surface area contributed by atoms with Crippen molar-refractivity contribution in [3.05, 3.63) is 47.5 Å². The summed E-state index contributed by atoms with van der Waals surface area (Å²) in [7, 11) is 0. The van der Waals surface area contributed by atoms with Gasteiger partial charge in [-0.15, -0.1) is 0 Å². The molecule has 0 amide bonds. The van der Waals surface area contributed by atoms with E-state index in [0.717, 1.165) is 11.1 Å². The molecule has 0 radical (unpaired) electrons. The van der Waals surface area contributed by atoms with Gasteiger partial charge in [0.05, 0.1) is 0 Å². The molecule has 4 heteroatoms. The predicted molar refractivity (Wildman–Crippen MR) is 86.6 cm³/mol. The first-order chi connectivity index (χ1) is 10.5. The van der Waals surface area contributed by atoms with Gasteiger partial charge >= 0.3 is 0 Å². The van der Waals surface area contributed by atoms with Crippen molar-refractivity contribution in [1.82, 2.24) is 0 Å². The van der Waals surface area contributed by atoms with Crippen LogP contribution in [0.4, 0.5) is 0 Å². The van der Waals surface area contributed by atoms with Crippen molar-refractivity contribution in [3.63, 3.8) is 0 Å². The molecule has 0 atom stereocenters. The van der Waals surface area contributed by atoms with Gasteiger partial charge in [-0.05, 0) is 35.1 Å². The van der Waals surface area contributed by atoms with E-state index in [1.54, 1.807) is 12.1 Å². The minimum Gasteiger partial charge on any atom is -0.340 e. The summed E-state index contributed by atoms with van der Waals surface area (Å²) in [6.07, 6.45) is 0. The summed E-state index contributed by atoms with van der Waals surface area (Å²) in [6, 6.07) is 11.2. The van der Waals surface area contributed by atoms with Gasteiger partial charge in [0.15, 0.2) is 11.5 Å². The highest BCUT2D eigenvalue weighted by Crippen LogP contribution is 2.39. The van der Waals surface area contributed by atoms with Crippen LogP contribution in [0.2, 0.25) is 0 Å². The molecule has 0 fully saturated rings. The van der Waals surface area contributed by atoms with Gasteiger partial charge in [0.25, 0.3) is 0 Å². The summed E-state index contributed by atoms with van der Waals surface area (Å²) in [5.74, 6) is 1.31. The highest BCUT2D eigenvalue weighted by molar-refractivity contribution is 5.76. The van der Waals surface area contributed by atoms with Crippen LogP contribution in [-0.4, -0.2) is 10.5 Å². The zero-order chi connectivity index (χ0) is 16.3. The first-order valence-corrected chi connectivity index (χ1v) is 7.39. The van der Waals surface area contributed by atoms with Crippen LogP contribution in [0.5, 0.6) is 11.5 Å². The second kappa shape index (κ2) is 6.81. The zero-order valence-corrected chi connectivity index (χ0v) is 13.3. The summed E-state index contributed by atoms with van der Waals surface area (Å²) in [5, 5.41) is 18.4. The van der Waals surface area contributed by atoms with E-state index in [2.05, 4.69) is 37.5 Å². The number of benzene rings is 2. The quantitative estimate of drug-likeness (QED) is 0.581. The highest BCUT2D eigenvalue weighted by Gasteiger charge is 2.16. The molecule has 0 unspecified atom stereocenters. The lowest BCUT2D eigenvalue weighted by Crippen LogP contribution is -1.97. The molecule has 2 aromatic carbocycles. The van der Waals surface area contributed by atoms with Gasteiger partial charge in [-0.25, -0.2) is 10.5 Å². The summed E-state index contributed by atoms with van der Waals surface area (Å²) in [4.78, 5) is 9.06. The minimum atomic E-state index is 0.319. The van der Waals surface area contributed by atoms with Crippen molar-refractivity contribution < 1.29 is 20.3 Å². The lowest BCUT2D eigenvalue weighted by Gasteiger charge is -2.14. The van der Waals surface area contributed by atoms with Crippen molar-refractivity contribution in [3.8, 4) is 22.6 Å². The molecule has 0 spiro atoms. The van der Waals surface area contributed by atoms with E-state index in [0.29, 0.717) is 34.5 Å². The Labute approximate surface area is 130 Å². The fourth-order valence-electron chi connectivity index (χ4n) is 2.39. The zero-order valence-electron chi connectivity index (χ0n) is 13.3. The molecule has 2 N–H and O–H groups in total. The SMILES string of the molecule is CC(C)c1ccc(-c2ccc(C(C)C)cc2OO)c(OO)c1. The lowest BCUT2D eigenvalue weighted by molar-refractivity contribution is -0.138. The Bertz CT molecular complexity index is 590.